The number of anilines is 1. The molecule has 0 saturated carbocycles. The van der Waals surface area contributed by atoms with Gasteiger partial charge in [0.15, 0.2) is 5.13 Å². The Labute approximate surface area is 227 Å². The summed E-state index contributed by atoms with van der Waals surface area (Å²) >= 11 is 9.44. The summed E-state index contributed by atoms with van der Waals surface area (Å²) in [5.41, 5.74) is 4.39. The van der Waals surface area contributed by atoms with E-state index >= 15 is 0 Å². The van der Waals surface area contributed by atoms with Crippen LogP contribution in [0.1, 0.15) is 48.8 Å². The zero-order chi connectivity index (χ0) is 26.3. The number of allylic oxidation sites excluding steroid dienone is 1. The maximum atomic E-state index is 12.1. The summed E-state index contributed by atoms with van der Waals surface area (Å²) in [4.78, 5) is 30.2. The maximum absolute atomic E-state index is 12.1. The molecule has 0 unspecified atom stereocenters. The van der Waals surface area contributed by atoms with E-state index in [0.29, 0.717) is 11.7 Å². The number of amides is 1. The second-order valence-corrected chi connectivity index (χ2v) is 12.4. The number of carboxylic acid groups (broad SMARTS) is 1. The molecule has 0 spiro atoms. The molecule has 0 atom stereocenters. The molecular formula is C27H26ClN3O4S2. The number of aliphatic carboxylic acids is 1. The second kappa shape index (κ2) is 9.96. The van der Waals surface area contributed by atoms with Crippen molar-refractivity contribution in [3.05, 3.63) is 62.6 Å². The van der Waals surface area contributed by atoms with Crippen LogP contribution in [0.4, 0.5) is 9.93 Å². The topological polar surface area (TPSA) is 93.4 Å². The molecule has 192 valence electrons. The highest BCUT2D eigenvalue weighted by molar-refractivity contribution is 7.19. The van der Waals surface area contributed by atoms with Gasteiger partial charge in [0.25, 0.3) is 0 Å². The fourth-order valence-electron chi connectivity index (χ4n) is 4.39. The van der Waals surface area contributed by atoms with Gasteiger partial charge in [-0.05, 0) is 73.4 Å². The number of hydrogen-bond donors (Lipinski definition) is 2. The molecule has 3 heterocycles. The Morgan fingerprint density at radius 3 is 2.81 bits per heavy atom. The summed E-state index contributed by atoms with van der Waals surface area (Å²) in [7, 11) is 0. The van der Waals surface area contributed by atoms with Crippen molar-refractivity contribution in [1.29, 1.82) is 0 Å². The van der Waals surface area contributed by atoms with E-state index in [1.165, 1.54) is 27.3 Å². The average Bonchev–Trinajstić information content (AvgIpc) is 3.51. The van der Waals surface area contributed by atoms with Gasteiger partial charge in [-0.15, -0.1) is 11.3 Å². The highest BCUT2D eigenvalue weighted by Gasteiger charge is 2.20. The molecule has 5 rings (SSSR count). The van der Waals surface area contributed by atoms with Crippen LogP contribution in [0.25, 0.3) is 27.4 Å². The van der Waals surface area contributed by atoms with Crippen LogP contribution in [-0.2, 0) is 28.9 Å². The van der Waals surface area contributed by atoms with Crippen molar-refractivity contribution in [2.45, 2.75) is 52.2 Å². The number of thiazole rings is 1. The van der Waals surface area contributed by atoms with Gasteiger partial charge >= 0.3 is 12.1 Å². The molecule has 4 aromatic rings. The number of rotatable bonds is 6. The van der Waals surface area contributed by atoms with E-state index in [4.69, 9.17) is 16.3 Å². The predicted octanol–water partition coefficient (Wildman–Crippen LogP) is 7.37. The number of thiophene rings is 1. The Kier molecular flexibility index (Phi) is 6.87. The SMILES string of the molecule is CC(C)(C)OC(=O)Nc1ncc(-c2ccc3c(CC(=O)O)cn(Cc4csc5c4C=C(Cl)CC5)c3c2)s1. The lowest BCUT2D eigenvalue weighted by Crippen LogP contribution is -2.27. The molecule has 1 aliphatic carbocycles. The first-order valence-electron chi connectivity index (χ1n) is 11.8. The number of carbonyl (C=O) groups is 2. The van der Waals surface area contributed by atoms with Crippen LogP contribution in [-0.4, -0.2) is 32.3 Å². The van der Waals surface area contributed by atoms with Crippen LogP contribution < -0.4 is 5.32 Å². The maximum Gasteiger partial charge on any atom is 0.413 e. The van der Waals surface area contributed by atoms with Crippen LogP contribution in [0.3, 0.4) is 0 Å². The summed E-state index contributed by atoms with van der Waals surface area (Å²) in [6.07, 6.45) is 6.91. The number of aryl methyl sites for hydroxylation is 1. The monoisotopic (exact) mass is 555 g/mol. The van der Waals surface area contributed by atoms with E-state index in [1.54, 1.807) is 38.3 Å². The van der Waals surface area contributed by atoms with Gasteiger partial charge in [-0.3, -0.25) is 10.1 Å². The van der Waals surface area contributed by atoms with Crippen molar-refractivity contribution in [3.63, 3.8) is 0 Å². The lowest BCUT2D eigenvalue weighted by molar-refractivity contribution is -0.136. The number of fused-ring (bicyclic) bond motifs is 2. The Morgan fingerprint density at radius 2 is 2.05 bits per heavy atom. The lowest BCUT2D eigenvalue weighted by Gasteiger charge is -2.18. The van der Waals surface area contributed by atoms with E-state index in [2.05, 4.69) is 26.3 Å². The number of halogens is 1. The van der Waals surface area contributed by atoms with E-state index in [0.717, 1.165) is 44.8 Å². The molecule has 0 aliphatic heterocycles. The van der Waals surface area contributed by atoms with Crippen molar-refractivity contribution in [1.82, 2.24) is 9.55 Å². The third kappa shape index (κ3) is 5.74. The Hall–Kier alpha value is -3.14. The summed E-state index contributed by atoms with van der Waals surface area (Å²) in [6, 6.07) is 5.96. The summed E-state index contributed by atoms with van der Waals surface area (Å²) in [6.45, 7) is 6.03. The standard InChI is InChI=1S/C27H26ClN3O4S2/c1-27(2,3)35-26(34)30-25-29-11-23(37-25)15-4-6-19-16(9-24(32)33)12-31(21(19)8-15)13-17-14-36-22-7-5-18(28)10-20(17)22/h4,6,8,10-12,14H,5,7,9,13H2,1-3H3,(H,32,33)(H,29,30,34). The molecule has 1 aromatic carbocycles. The summed E-state index contributed by atoms with van der Waals surface area (Å²) < 4.78 is 7.42. The smallest absolute Gasteiger partial charge is 0.413 e. The number of aromatic nitrogens is 2. The van der Waals surface area contributed by atoms with Crippen molar-refractivity contribution in [3.8, 4) is 10.4 Å². The van der Waals surface area contributed by atoms with Crippen molar-refractivity contribution in [2.24, 2.45) is 0 Å². The molecule has 1 amide bonds. The van der Waals surface area contributed by atoms with E-state index < -0.39 is 17.7 Å². The number of nitrogens with one attached hydrogen (secondary N) is 1. The number of ether oxygens (including phenoxy) is 1. The lowest BCUT2D eigenvalue weighted by atomic mass is 10.0. The number of carboxylic acids is 1. The van der Waals surface area contributed by atoms with Gasteiger partial charge in [0.2, 0.25) is 0 Å². The van der Waals surface area contributed by atoms with E-state index in [9.17, 15) is 14.7 Å². The van der Waals surface area contributed by atoms with Crippen LogP contribution >= 0.6 is 34.3 Å². The van der Waals surface area contributed by atoms with Crippen LogP contribution in [0.2, 0.25) is 0 Å². The second-order valence-electron chi connectivity index (χ2n) is 9.93. The van der Waals surface area contributed by atoms with Crippen LogP contribution in [0.15, 0.2) is 41.0 Å². The third-order valence-electron chi connectivity index (χ3n) is 5.93. The van der Waals surface area contributed by atoms with Gasteiger partial charge in [-0.1, -0.05) is 35.1 Å². The zero-order valence-electron chi connectivity index (χ0n) is 20.6. The molecule has 0 bridgehead atoms. The highest BCUT2D eigenvalue weighted by Crippen LogP contribution is 2.36. The van der Waals surface area contributed by atoms with Gasteiger partial charge in [-0.2, -0.15) is 0 Å². The molecule has 10 heteroatoms. The zero-order valence-corrected chi connectivity index (χ0v) is 23.0. The number of carbonyl (C=O) groups excluding carboxylic acids is 1. The Bertz CT molecular complexity index is 1540. The third-order valence-corrected chi connectivity index (χ3v) is 8.30. The first-order chi connectivity index (χ1) is 17.6. The van der Waals surface area contributed by atoms with Gasteiger partial charge in [0.05, 0.1) is 11.3 Å². The van der Waals surface area contributed by atoms with Gasteiger partial charge < -0.3 is 14.4 Å². The molecule has 0 saturated heterocycles. The molecule has 1 aliphatic rings. The molecule has 0 radical (unpaired) electrons. The largest absolute Gasteiger partial charge is 0.481 e. The van der Waals surface area contributed by atoms with Crippen molar-refractivity contribution in [2.75, 3.05) is 5.32 Å². The minimum absolute atomic E-state index is 0.0547. The molecular weight excluding hydrogens is 530 g/mol. The van der Waals surface area contributed by atoms with E-state index in [-0.39, 0.29) is 6.42 Å². The van der Waals surface area contributed by atoms with Crippen molar-refractivity contribution >= 4 is 68.4 Å². The van der Waals surface area contributed by atoms with Gasteiger partial charge in [0, 0.05) is 39.8 Å². The quantitative estimate of drug-likeness (QED) is 0.259. The highest BCUT2D eigenvalue weighted by atomic mass is 35.5. The summed E-state index contributed by atoms with van der Waals surface area (Å²) in [5, 5.41) is 16.5. The first-order valence-corrected chi connectivity index (χ1v) is 13.9. The predicted molar refractivity (Wildman–Crippen MR) is 150 cm³/mol. The number of nitrogens with zero attached hydrogens (tertiary/aromatic N) is 2. The number of hydrogen-bond acceptors (Lipinski definition) is 6. The van der Waals surface area contributed by atoms with Gasteiger partial charge in [0.1, 0.15) is 5.60 Å². The molecule has 3 aromatic heterocycles. The molecule has 2 N–H and O–H groups in total. The van der Waals surface area contributed by atoms with Gasteiger partial charge in [-0.25, -0.2) is 9.78 Å². The molecule has 7 nitrogen and oxygen atoms in total. The Balaban J connectivity index is 1.48. The van der Waals surface area contributed by atoms with Crippen LogP contribution in [0, 0.1) is 0 Å². The van der Waals surface area contributed by atoms with Crippen molar-refractivity contribution < 1.29 is 19.4 Å². The fraction of sp³-hybridized carbons (Fsp3) is 0.296. The minimum Gasteiger partial charge on any atom is -0.481 e. The Morgan fingerprint density at radius 1 is 1.24 bits per heavy atom. The normalized spacial score (nSPS) is 13.4. The van der Waals surface area contributed by atoms with E-state index in [1.807, 2.05) is 24.4 Å². The minimum atomic E-state index is -0.869. The fourth-order valence-corrected chi connectivity index (χ4v) is 6.42. The molecule has 0 fully saturated rings. The number of benzene rings is 1. The van der Waals surface area contributed by atoms with Crippen LogP contribution in [0.5, 0.6) is 0 Å². The average molecular weight is 556 g/mol. The first kappa shape index (κ1) is 25.5. The summed E-state index contributed by atoms with van der Waals surface area (Å²) in [5.74, 6) is -0.869. The molecule has 37 heavy (non-hydrogen) atoms.